The first-order valence-electron chi connectivity index (χ1n) is 7.46. The molecule has 3 aromatic rings. The van der Waals surface area contributed by atoms with Crippen molar-refractivity contribution in [3.8, 4) is 0 Å². The lowest BCUT2D eigenvalue weighted by Crippen LogP contribution is -2.27. The van der Waals surface area contributed by atoms with Gasteiger partial charge in [0.2, 0.25) is 5.91 Å². The number of furan rings is 1. The van der Waals surface area contributed by atoms with Gasteiger partial charge in [-0.1, -0.05) is 29.8 Å². The van der Waals surface area contributed by atoms with Crippen LogP contribution in [-0.4, -0.2) is 5.91 Å². The van der Waals surface area contributed by atoms with Gasteiger partial charge in [-0.25, -0.2) is 0 Å². The van der Waals surface area contributed by atoms with E-state index in [1.54, 1.807) is 17.4 Å². The first kappa shape index (κ1) is 16.6. The molecule has 0 fully saturated rings. The lowest BCUT2D eigenvalue weighted by Gasteiger charge is -2.17. The minimum atomic E-state index is -0.210. The van der Waals surface area contributed by atoms with E-state index in [4.69, 9.17) is 16.0 Å². The Balaban J connectivity index is 1.78. The summed E-state index contributed by atoms with van der Waals surface area (Å²) in [6, 6.07) is 14.9. The Morgan fingerprint density at radius 3 is 2.62 bits per heavy atom. The number of halogens is 1. The van der Waals surface area contributed by atoms with Gasteiger partial charge in [-0.3, -0.25) is 4.79 Å². The second kappa shape index (κ2) is 7.51. The van der Waals surface area contributed by atoms with Gasteiger partial charge in [0.1, 0.15) is 11.5 Å². The number of thiophene rings is 1. The molecule has 0 aliphatic carbocycles. The molecule has 1 N–H and O–H groups in total. The molecule has 0 aliphatic heterocycles. The fourth-order valence-electron chi connectivity index (χ4n) is 2.32. The molecule has 0 bridgehead atoms. The molecule has 0 spiro atoms. The minimum absolute atomic E-state index is 0.183. The molecule has 3 nitrogen and oxygen atoms in total. The molecule has 2 aromatic heterocycles. The highest BCUT2D eigenvalue weighted by Gasteiger charge is 2.16. The van der Waals surface area contributed by atoms with Crippen LogP contribution in [0.3, 0.4) is 0 Å². The number of nitrogens with one attached hydrogen (secondary N) is 1. The number of rotatable bonds is 5. The van der Waals surface area contributed by atoms with Gasteiger partial charge in [-0.2, -0.15) is 0 Å². The van der Waals surface area contributed by atoms with E-state index in [1.165, 1.54) is 6.08 Å². The van der Waals surface area contributed by atoms with Crippen molar-refractivity contribution in [2.75, 3.05) is 0 Å². The van der Waals surface area contributed by atoms with Crippen molar-refractivity contribution in [2.24, 2.45) is 0 Å². The molecule has 0 radical (unpaired) electrons. The zero-order valence-electron chi connectivity index (χ0n) is 13.0. The predicted molar refractivity (Wildman–Crippen MR) is 98.2 cm³/mol. The van der Waals surface area contributed by atoms with Gasteiger partial charge in [0, 0.05) is 16.0 Å². The summed E-state index contributed by atoms with van der Waals surface area (Å²) in [6.45, 7) is 1.87. The molecule has 1 aromatic carbocycles. The van der Waals surface area contributed by atoms with Crippen molar-refractivity contribution in [3.05, 3.63) is 87.0 Å². The van der Waals surface area contributed by atoms with Crippen LogP contribution in [0.2, 0.25) is 5.02 Å². The van der Waals surface area contributed by atoms with E-state index in [9.17, 15) is 4.79 Å². The molecule has 122 valence electrons. The topological polar surface area (TPSA) is 42.2 Å². The highest BCUT2D eigenvalue weighted by Crippen LogP contribution is 2.27. The lowest BCUT2D eigenvalue weighted by atomic mass is 10.1. The molecule has 1 amide bonds. The van der Waals surface area contributed by atoms with Crippen LogP contribution < -0.4 is 5.32 Å². The maximum absolute atomic E-state index is 12.3. The molecular formula is C19H16ClNO2S. The van der Waals surface area contributed by atoms with Crippen molar-refractivity contribution in [3.63, 3.8) is 0 Å². The Bertz CT molecular complexity index is 835. The van der Waals surface area contributed by atoms with Gasteiger partial charge >= 0.3 is 0 Å². The van der Waals surface area contributed by atoms with Crippen molar-refractivity contribution < 1.29 is 9.21 Å². The van der Waals surface area contributed by atoms with E-state index in [0.29, 0.717) is 10.8 Å². The monoisotopic (exact) mass is 357 g/mol. The number of carbonyl (C=O) groups excluding carboxylic acids is 1. The third-order valence-electron chi connectivity index (χ3n) is 3.48. The Morgan fingerprint density at radius 2 is 2.00 bits per heavy atom. The Kier molecular flexibility index (Phi) is 5.18. The van der Waals surface area contributed by atoms with E-state index in [1.807, 2.05) is 60.8 Å². The standard InChI is InChI=1S/C19H16ClNO2S/c1-13-4-9-16(23-13)10-11-18(22)21-19(17-3-2-12-24-17)14-5-7-15(20)8-6-14/h2-12,19H,1H3,(H,21,22)/b11-10+/t19-/m0/s1. The smallest absolute Gasteiger partial charge is 0.244 e. The molecule has 0 unspecified atom stereocenters. The first-order valence-corrected chi connectivity index (χ1v) is 8.71. The maximum Gasteiger partial charge on any atom is 0.244 e. The summed E-state index contributed by atoms with van der Waals surface area (Å²) < 4.78 is 5.43. The van der Waals surface area contributed by atoms with Crippen molar-refractivity contribution in [2.45, 2.75) is 13.0 Å². The number of aryl methyl sites for hydroxylation is 1. The first-order chi connectivity index (χ1) is 11.6. The van der Waals surface area contributed by atoms with E-state index in [-0.39, 0.29) is 11.9 Å². The highest BCUT2D eigenvalue weighted by atomic mass is 35.5. The van der Waals surface area contributed by atoms with Crippen LogP contribution in [-0.2, 0) is 4.79 Å². The number of hydrogen-bond acceptors (Lipinski definition) is 3. The molecule has 24 heavy (non-hydrogen) atoms. The summed E-state index contributed by atoms with van der Waals surface area (Å²) in [6.07, 6.45) is 3.14. The molecular weight excluding hydrogens is 342 g/mol. The normalized spacial score (nSPS) is 12.4. The maximum atomic E-state index is 12.3. The van der Waals surface area contributed by atoms with E-state index >= 15 is 0 Å². The average molecular weight is 358 g/mol. The Morgan fingerprint density at radius 1 is 1.21 bits per heavy atom. The van der Waals surface area contributed by atoms with E-state index in [0.717, 1.165) is 16.2 Å². The second-order valence-electron chi connectivity index (χ2n) is 5.29. The number of hydrogen-bond donors (Lipinski definition) is 1. The van der Waals surface area contributed by atoms with Crippen LogP contribution in [0.4, 0.5) is 0 Å². The number of amides is 1. The number of carbonyl (C=O) groups is 1. The summed E-state index contributed by atoms with van der Waals surface area (Å²) >= 11 is 7.56. The molecule has 0 saturated carbocycles. The van der Waals surface area contributed by atoms with Crippen LogP contribution in [0.25, 0.3) is 6.08 Å². The summed E-state index contributed by atoms with van der Waals surface area (Å²) in [4.78, 5) is 13.4. The summed E-state index contributed by atoms with van der Waals surface area (Å²) in [7, 11) is 0. The van der Waals surface area contributed by atoms with Crippen molar-refractivity contribution >= 4 is 34.9 Å². The van der Waals surface area contributed by atoms with Crippen LogP contribution in [0, 0.1) is 6.92 Å². The molecule has 0 saturated heterocycles. The fourth-order valence-corrected chi connectivity index (χ4v) is 3.25. The van der Waals surface area contributed by atoms with Gasteiger partial charge in [0.05, 0.1) is 6.04 Å². The Hall–Kier alpha value is -2.30. The largest absolute Gasteiger partial charge is 0.462 e. The van der Waals surface area contributed by atoms with Gasteiger partial charge in [-0.05, 0) is 54.3 Å². The zero-order chi connectivity index (χ0) is 16.9. The summed E-state index contributed by atoms with van der Waals surface area (Å²) in [5.74, 6) is 1.28. The molecule has 5 heteroatoms. The third-order valence-corrected chi connectivity index (χ3v) is 4.67. The zero-order valence-corrected chi connectivity index (χ0v) is 14.6. The SMILES string of the molecule is Cc1ccc(/C=C/C(=O)N[C@@H](c2ccc(Cl)cc2)c2cccs2)o1. The quantitative estimate of drug-likeness (QED) is 0.636. The predicted octanol–water partition coefficient (Wildman–Crippen LogP) is 5.22. The van der Waals surface area contributed by atoms with Gasteiger partial charge in [0.25, 0.3) is 0 Å². The average Bonchev–Trinajstić information content (AvgIpc) is 3.23. The fraction of sp³-hybridized carbons (Fsp3) is 0.105. The Labute approximate surface area is 149 Å². The highest BCUT2D eigenvalue weighted by molar-refractivity contribution is 7.10. The van der Waals surface area contributed by atoms with Crippen molar-refractivity contribution in [1.29, 1.82) is 0 Å². The molecule has 2 heterocycles. The van der Waals surface area contributed by atoms with Crippen LogP contribution in [0.1, 0.15) is 28.0 Å². The summed E-state index contributed by atoms with van der Waals surface area (Å²) in [5.41, 5.74) is 0.984. The summed E-state index contributed by atoms with van der Waals surface area (Å²) in [5, 5.41) is 5.69. The molecule has 0 aliphatic rings. The van der Waals surface area contributed by atoms with Crippen LogP contribution in [0.5, 0.6) is 0 Å². The lowest BCUT2D eigenvalue weighted by molar-refractivity contribution is -0.116. The van der Waals surface area contributed by atoms with Crippen molar-refractivity contribution in [1.82, 2.24) is 5.32 Å². The van der Waals surface area contributed by atoms with Gasteiger partial charge in [-0.15, -0.1) is 11.3 Å². The van der Waals surface area contributed by atoms with Gasteiger partial charge in [0.15, 0.2) is 0 Å². The van der Waals surface area contributed by atoms with Crippen LogP contribution in [0.15, 0.2) is 64.4 Å². The second-order valence-corrected chi connectivity index (χ2v) is 6.71. The minimum Gasteiger partial charge on any atom is -0.462 e. The molecule has 1 atom stereocenters. The van der Waals surface area contributed by atoms with Crippen LogP contribution >= 0.6 is 22.9 Å². The molecule has 3 rings (SSSR count). The third kappa shape index (κ3) is 4.16. The number of benzene rings is 1. The van der Waals surface area contributed by atoms with E-state index in [2.05, 4.69) is 5.32 Å². The van der Waals surface area contributed by atoms with Gasteiger partial charge < -0.3 is 9.73 Å². The van der Waals surface area contributed by atoms with E-state index < -0.39 is 0 Å².